The largest absolute Gasteiger partial charge is 0.477 e. The summed E-state index contributed by atoms with van der Waals surface area (Å²) in [5.41, 5.74) is -0.0623. The first-order valence-electron chi connectivity index (χ1n) is 6.70. The van der Waals surface area contributed by atoms with Gasteiger partial charge in [0.15, 0.2) is 0 Å². The Morgan fingerprint density at radius 1 is 1.29 bits per heavy atom. The molecule has 0 radical (unpaired) electrons. The molecule has 2 rings (SSSR count). The van der Waals surface area contributed by atoms with Gasteiger partial charge < -0.3 is 15.5 Å². The molecule has 112 valence electrons. The van der Waals surface area contributed by atoms with Crippen molar-refractivity contribution in [3.63, 3.8) is 0 Å². The van der Waals surface area contributed by atoms with Crippen molar-refractivity contribution in [2.75, 3.05) is 0 Å². The Morgan fingerprint density at radius 2 is 2.00 bits per heavy atom. The zero-order chi connectivity index (χ0) is 15.6. The van der Waals surface area contributed by atoms with Gasteiger partial charge in [-0.25, -0.2) is 9.59 Å². The quantitative estimate of drug-likeness (QED) is 0.778. The highest BCUT2D eigenvalue weighted by molar-refractivity contribution is 7.10. The molecule has 0 aromatic carbocycles. The highest BCUT2D eigenvalue weighted by Crippen LogP contribution is 2.44. The molecule has 0 fully saturated rings. The molecule has 1 aromatic rings. The molecule has 3 N–H and O–H groups in total. The molecular formula is C15H17NO4S. The second kappa shape index (κ2) is 5.73. The van der Waals surface area contributed by atoms with Crippen LogP contribution in [0.15, 0.2) is 40.6 Å². The zero-order valence-corrected chi connectivity index (χ0v) is 12.7. The number of aliphatic carboxylic acids is 2. The van der Waals surface area contributed by atoms with Crippen molar-refractivity contribution in [2.45, 2.75) is 32.1 Å². The lowest BCUT2D eigenvalue weighted by Gasteiger charge is -2.36. The monoisotopic (exact) mass is 307 g/mol. The van der Waals surface area contributed by atoms with Crippen molar-refractivity contribution >= 4 is 23.3 Å². The molecular weight excluding hydrogens is 290 g/mol. The maximum Gasteiger partial charge on any atom is 0.352 e. The highest BCUT2D eigenvalue weighted by atomic mass is 32.1. The van der Waals surface area contributed by atoms with Gasteiger partial charge in [-0.3, -0.25) is 0 Å². The molecule has 0 saturated heterocycles. The Balaban J connectivity index is 2.74. The van der Waals surface area contributed by atoms with E-state index in [1.165, 1.54) is 11.3 Å². The van der Waals surface area contributed by atoms with Gasteiger partial charge in [-0.15, -0.1) is 11.3 Å². The predicted octanol–water partition coefficient (Wildman–Crippen LogP) is 2.72. The number of carboxylic acid groups (broad SMARTS) is 2. The number of hydrogen-bond donors (Lipinski definition) is 3. The van der Waals surface area contributed by atoms with E-state index in [2.05, 4.69) is 5.32 Å². The van der Waals surface area contributed by atoms with Crippen molar-refractivity contribution < 1.29 is 19.8 Å². The Bertz CT molecular complexity index is 630. The highest BCUT2D eigenvalue weighted by Gasteiger charge is 2.40. The van der Waals surface area contributed by atoms with Gasteiger partial charge in [0.1, 0.15) is 11.4 Å². The number of rotatable bonds is 5. The van der Waals surface area contributed by atoms with Crippen LogP contribution in [-0.2, 0) is 15.0 Å². The first-order chi connectivity index (χ1) is 9.96. The molecule has 1 aliphatic rings. The van der Waals surface area contributed by atoms with Gasteiger partial charge in [0.2, 0.25) is 0 Å². The number of allylic oxidation sites excluding steroid dienone is 2. The summed E-state index contributed by atoms with van der Waals surface area (Å²) < 4.78 is 0. The Labute approximate surface area is 126 Å². The SMILES string of the molecule is CCC1=C(C(=O)O)NC(C(=O)O)=CC1(CC)c1cccs1. The van der Waals surface area contributed by atoms with E-state index in [1.807, 2.05) is 31.4 Å². The second-order valence-corrected chi connectivity index (χ2v) is 5.75. The summed E-state index contributed by atoms with van der Waals surface area (Å²) in [5.74, 6) is -2.29. The van der Waals surface area contributed by atoms with E-state index >= 15 is 0 Å². The molecule has 1 atom stereocenters. The summed E-state index contributed by atoms with van der Waals surface area (Å²) in [6, 6.07) is 3.81. The summed E-state index contributed by atoms with van der Waals surface area (Å²) >= 11 is 1.51. The molecule has 1 aliphatic heterocycles. The number of nitrogens with one attached hydrogen (secondary N) is 1. The standard InChI is InChI=1S/C15H17NO4S/c1-3-9-12(14(19)20)16-10(13(17)18)8-15(9,4-2)11-6-5-7-21-11/h5-8,16H,3-4H2,1-2H3,(H,17,18)(H,19,20). The minimum Gasteiger partial charge on any atom is -0.477 e. The first-order valence-corrected chi connectivity index (χ1v) is 7.58. The van der Waals surface area contributed by atoms with E-state index < -0.39 is 17.4 Å². The Morgan fingerprint density at radius 3 is 2.43 bits per heavy atom. The van der Waals surface area contributed by atoms with Crippen molar-refractivity contribution in [3.8, 4) is 0 Å². The molecule has 5 nitrogen and oxygen atoms in total. The van der Waals surface area contributed by atoms with Gasteiger partial charge in [0.05, 0.1) is 0 Å². The Hall–Kier alpha value is -2.08. The maximum absolute atomic E-state index is 11.5. The molecule has 0 spiro atoms. The normalized spacial score (nSPS) is 21.7. The van der Waals surface area contributed by atoms with Crippen LogP contribution in [0, 0.1) is 0 Å². The van der Waals surface area contributed by atoms with E-state index in [-0.39, 0.29) is 11.4 Å². The lowest BCUT2D eigenvalue weighted by atomic mass is 9.72. The zero-order valence-electron chi connectivity index (χ0n) is 11.8. The van der Waals surface area contributed by atoms with E-state index in [0.717, 1.165) is 4.88 Å². The van der Waals surface area contributed by atoms with Gasteiger partial charge in [-0.05, 0) is 35.9 Å². The smallest absolute Gasteiger partial charge is 0.352 e. The number of hydrogen-bond acceptors (Lipinski definition) is 4. The lowest BCUT2D eigenvalue weighted by molar-refractivity contribution is -0.133. The molecule has 21 heavy (non-hydrogen) atoms. The van der Waals surface area contributed by atoms with Crippen LogP contribution in [0.5, 0.6) is 0 Å². The van der Waals surface area contributed by atoms with E-state index in [0.29, 0.717) is 18.4 Å². The van der Waals surface area contributed by atoms with Crippen LogP contribution in [0.1, 0.15) is 31.6 Å². The molecule has 1 unspecified atom stereocenters. The Kier molecular flexibility index (Phi) is 4.18. The maximum atomic E-state index is 11.5. The van der Waals surface area contributed by atoms with Crippen LogP contribution in [0.2, 0.25) is 0 Å². The van der Waals surface area contributed by atoms with Gasteiger partial charge in [-0.1, -0.05) is 19.9 Å². The van der Waals surface area contributed by atoms with Crippen LogP contribution in [0.3, 0.4) is 0 Å². The summed E-state index contributed by atoms with van der Waals surface area (Å²) in [4.78, 5) is 23.8. The minimum atomic E-state index is -1.15. The van der Waals surface area contributed by atoms with Crippen molar-refractivity contribution in [1.82, 2.24) is 5.32 Å². The molecule has 0 amide bonds. The fourth-order valence-electron chi connectivity index (χ4n) is 2.83. The van der Waals surface area contributed by atoms with E-state index in [9.17, 15) is 19.8 Å². The van der Waals surface area contributed by atoms with Gasteiger partial charge >= 0.3 is 11.9 Å². The molecule has 6 heteroatoms. The summed E-state index contributed by atoms with van der Waals surface area (Å²) in [6.45, 7) is 3.83. The van der Waals surface area contributed by atoms with Crippen molar-refractivity contribution in [3.05, 3.63) is 45.4 Å². The van der Waals surface area contributed by atoms with Gasteiger partial charge in [-0.2, -0.15) is 0 Å². The predicted molar refractivity (Wildman–Crippen MR) is 80.1 cm³/mol. The fourth-order valence-corrected chi connectivity index (χ4v) is 3.83. The fraction of sp³-hybridized carbons (Fsp3) is 0.333. The van der Waals surface area contributed by atoms with Crippen LogP contribution < -0.4 is 5.32 Å². The van der Waals surface area contributed by atoms with Crippen molar-refractivity contribution in [2.24, 2.45) is 0 Å². The van der Waals surface area contributed by atoms with Crippen LogP contribution in [0.4, 0.5) is 0 Å². The number of thiophene rings is 1. The lowest BCUT2D eigenvalue weighted by Crippen LogP contribution is -2.39. The van der Waals surface area contributed by atoms with Gasteiger partial charge in [0.25, 0.3) is 0 Å². The van der Waals surface area contributed by atoms with Crippen molar-refractivity contribution in [1.29, 1.82) is 0 Å². The first kappa shape index (κ1) is 15.3. The average Bonchev–Trinajstić information content (AvgIpc) is 2.99. The number of carboxylic acids is 2. The average molecular weight is 307 g/mol. The summed E-state index contributed by atoms with van der Waals surface area (Å²) in [6.07, 6.45) is 2.78. The summed E-state index contributed by atoms with van der Waals surface area (Å²) in [5, 5.41) is 23.2. The third-order valence-corrected chi connectivity index (χ3v) is 4.85. The molecule has 0 bridgehead atoms. The molecule has 0 aliphatic carbocycles. The summed E-state index contributed by atoms with van der Waals surface area (Å²) in [7, 11) is 0. The third kappa shape index (κ3) is 2.47. The number of carbonyl (C=O) groups is 2. The third-order valence-electron chi connectivity index (χ3n) is 3.81. The molecule has 1 aromatic heterocycles. The van der Waals surface area contributed by atoms with E-state index in [4.69, 9.17) is 0 Å². The van der Waals surface area contributed by atoms with Crippen LogP contribution in [0.25, 0.3) is 0 Å². The number of dihydropyridines is 1. The van der Waals surface area contributed by atoms with E-state index in [1.54, 1.807) is 6.08 Å². The van der Waals surface area contributed by atoms with Gasteiger partial charge in [0, 0.05) is 10.3 Å². The second-order valence-electron chi connectivity index (χ2n) is 4.80. The molecule has 2 heterocycles. The minimum absolute atomic E-state index is 0.0207. The topological polar surface area (TPSA) is 86.6 Å². The van der Waals surface area contributed by atoms with Crippen LogP contribution in [-0.4, -0.2) is 22.2 Å². The molecule has 0 saturated carbocycles. The van der Waals surface area contributed by atoms with Crippen LogP contribution >= 0.6 is 11.3 Å².